The number of hydrogen-bond donors (Lipinski definition) is 1. The van der Waals surface area contributed by atoms with Crippen molar-refractivity contribution in [3.63, 3.8) is 0 Å². The van der Waals surface area contributed by atoms with E-state index in [1.54, 1.807) is 0 Å². The minimum Gasteiger partial charge on any atom is -1.00 e. The molecule has 0 unspecified atom stereocenters. The molecule has 0 aromatic rings. The topological polar surface area (TPSA) is 97.7 Å². The number of carboxylic acids is 1. The Morgan fingerprint density at radius 2 is 1.03 bits per heavy atom. The zero-order chi connectivity index (χ0) is 21.8. The third-order valence-corrected chi connectivity index (χ3v) is 6.24. The van der Waals surface area contributed by atoms with Gasteiger partial charge in [-0.1, -0.05) is 103 Å². The van der Waals surface area contributed by atoms with E-state index in [0.29, 0.717) is 6.42 Å². The molecule has 176 valence electrons. The average molecular weight is 483 g/mol. The van der Waals surface area contributed by atoms with Gasteiger partial charge in [0, 0.05) is 0 Å². The van der Waals surface area contributed by atoms with E-state index < -0.39 is 34.9 Å². The standard InChI is InChI=1S/C22H42O6S.2Na.2H/c1-2-3-4-5-6-7-8-9-10-11-12-13-14-15-16-17-20-29(26,27)28-22(25)19-18-21(23)24;;;;/h2-20H2,1H3,(H,23,24);;;;/q;2*+1;2*-1. The van der Waals surface area contributed by atoms with Gasteiger partial charge in [-0.25, -0.2) is 0 Å². The molecule has 0 heterocycles. The number of carboxylic acid groups (broad SMARTS) is 1. The van der Waals surface area contributed by atoms with Crippen molar-refractivity contribution in [1.29, 1.82) is 0 Å². The van der Waals surface area contributed by atoms with Gasteiger partial charge in [-0.15, -0.1) is 0 Å². The Labute approximate surface area is 237 Å². The molecule has 0 radical (unpaired) electrons. The maximum absolute atomic E-state index is 11.6. The van der Waals surface area contributed by atoms with Gasteiger partial charge in [-0.2, -0.15) is 8.42 Å². The van der Waals surface area contributed by atoms with E-state index in [4.69, 9.17) is 5.11 Å². The Morgan fingerprint density at radius 3 is 1.39 bits per heavy atom. The Hall–Kier alpha value is 0.890. The number of rotatable bonds is 21. The summed E-state index contributed by atoms with van der Waals surface area (Å²) in [4.78, 5) is 21.6. The van der Waals surface area contributed by atoms with Crippen molar-refractivity contribution in [2.75, 3.05) is 5.75 Å². The first-order valence-electron chi connectivity index (χ1n) is 11.5. The molecule has 0 atom stereocenters. The molecule has 0 amide bonds. The number of carbonyl (C=O) groups excluding carboxylic acids is 1. The Kier molecular flexibility index (Phi) is 30.0. The summed E-state index contributed by atoms with van der Waals surface area (Å²) in [6, 6.07) is 0. The number of aliphatic carboxylic acids is 1. The molecule has 0 saturated heterocycles. The molecule has 0 aliphatic heterocycles. The van der Waals surface area contributed by atoms with E-state index in [-0.39, 0.29) is 67.7 Å². The molecule has 0 bridgehead atoms. The minimum atomic E-state index is -3.89. The molecule has 0 fully saturated rings. The van der Waals surface area contributed by atoms with Crippen LogP contribution in [0.4, 0.5) is 0 Å². The van der Waals surface area contributed by atoms with Crippen LogP contribution >= 0.6 is 0 Å². The van der Waals surface area contributed by atoms with E-state index in [2.05, 4.69) is 11.1 Å². The summed E-state index contributed by atoms with van der Waals surface area (Å²) in [6.45, 7) is 2.25. The average Bonchev–Trinajstić information content (AvgIpc) is 2.65. The van der Waals surface area contributed by atoms with Crippen molar-refractivity contribution in [2.45, 2.75) is 122 Å². The maximum Gasteiger partial charge on any atom is 1.00 e. The van der Waals surface area contributed by atoms with Crippen molar-refractivity contribution in [3.8, 4) is 0 Å². The van der Waals surface area contributed by atoms with Crippen LogP contribution in [0.3, 0.4) is 0 Å². The molecule has 31 heavy (non-hydrogen) atoms. The molecule has 1 N–H and O–H groups in total. The van der Waals surface area contributed by atoms with E-state index in [9.17, 15) is 18.0 Å². The van der Waals surface area contributed by atoms with Gasteiger partial charge in [0.2, 0.25) is 0 Å². The van der Waals surface area contributed by atoms with Gasteiger partial charge in [-0.05, 0) is 6.42 Å². The van der Waals surface area contributed by atoms with Gasteiger partial charge in [0.05, 0.1) is 18.6 Å². The molecular formula is C22H44Na2O6S. The first-order chi connectivity index (χ1) is 13.9. The van der Waals surface area contributed by atoms with Crippen LogP contribution in [0.2, 0.25) is 0 Å². The molecule has 6 nitrogen and oxygen atoms in total. The monoisotopic (exact) mass is 482 g/mol. The molecule has 0 rings (SSSR count). The van der Waals surface area contributed by atoms with Gasteiger partial charge < -0.3 is 12.1 Å². The van der Waals surface area contributed by atoms with Crippen LogP contribution in [0, 0.1) is 0 Å². The zero-order valence-electron chi connectivity index (χ0n) is 22.3. The minimum absolute atomic E-state index is 0. The Bertz CT molecular complexity index is 537. The van der Waals surface area contributed by atoms with Gasteiger partial charge in [0.15, 0.2) is 0 Å². The summed E-state index contributed by atoms with van der Waals surface area (Å²) < 4.78 is 27.7. The van der Waals surface area contributed by atoms with Crippen LogP contribution < -0.4 is 59.1 Å². The number of hydrogen-bond acceptors (Lipinski definition) is 5. The SMILES string of the molecule is CCCCCCCCCCCCCCCCCCS(=O)(=O)OC(=O)CCC(=O)O.[H-].[H-].[Na+].[Na+]. The van der Waals surface area contributed by atoms with E-state index in [1.807, 2.05) is 0 Å². The number of unbranched alkanes of at least 4 members (excludes halogenated alkanes) is 15. The summed E-state index contributed by atoms with van der Waals surface area (Å²) >= 11 is 0. The normalized spacial score (nSPS) is 10.7. The fourth-order valence-electron chi connectivity index (χ4n) is 3.26. The van der Waals surface area contributed by atoms with E-state index >= 15 is 0 Å². The van der Waals surface area contributed by atoms with Gasteiger partial charge in [0.25, 0.3) is 0 Å². The first kappa shape index (κ1) is 36.5. The summed E-state index contributed by atoms with van der Waals surface area (Å²) in [5, 5.41) is 8.46. The van der Waals surface area contributed by atoms with Crippen molar-refractivity contribution < 1.29 is 89.3 Å². The molecule has 9 heteroatoms. The molecular weight excluding hydrogens is 438 g/mol. The maximum atomic E-state index is 11.6. The molecule has 0 aromatic carbocycles. The summed E-state index contributed by atoms with van der Waals surface area (Å²) in [6.07, 6.45) is 18.5. The second kappa shape index (κ2) is 25.5. The Balaban J connectivity index is -0.000000653. The largest absolute Gasteiger partial charge is 1.00 e. The molecule has 0 aromatic heterocycles. The second-order valence-corrected chi connectivity index (χ2v) is 9.60. The third-order valence-electron chi connectivity index (χ3n) is 5.01. The van der Waals surface area contributed by atoms with E-state index in [0.717, 1.165) is 19.3 Å². The third kappa shape index (κ3) is 28.9. The van der Waals surface area contributed by atoms with Crippen molar-refractivity contribution in [3.05, 3.63) is 0 Å². The molecule has 0 spiro atoms. The summed E-state index contributed by atoms with van der Waals surface area (Å²) in [5.41, 5.74) is 0. The van der Waals surface area contributed by atoms with Crippen molar-refractivity contribution in [2.24, 2.45) is 0 Å². The summed E-state index contributed by atoms with van der Waals surface area (Å²) in [5.74, 6) is -2.34. The van der Waals surface area contributed by atoms with Crippen LogP contribution in [0.25, 0.3) is 0 Å². The first-order valence-corrected chi connectivity index (χ1v) is 13.1. The summed E-state index contributed by atoms with van der Waals surface area (Å²) in [7, 11) is -3.89. The van der Waals surface area contributed by atoms with Crippen LogP contribution in [0.15, 0.2) is 0 Å². The quantitative estimate of drug-likeness (QED) is 0.143. The van der Waals surface area contributed by atoms with E-state index in [1.165, 1.54) is 77.0 Å². The van der Waals surface area contributed by atoms with Crippen molar-refractivity contribution in [1.82, 2.24) is 0 Å². The van der Waals surface area contributed by atoms with Crippen LogP contribution in [-0.4, -0.2) is 31.2 Å². The van der Waals surface area contributed by atoms with Gasteiger partial charge in [-0.3, -0.25) is 9.59 Å². The van der Waals surface area contributed by atoms with Gasteiger partial charge >= 0.3 is 81.2 Å². The predicted molar refractivity (Wildman–Crippen MR) is 119 cm³/mol. The van der Waals surface area contributed by atoms with Crippen LogP contribution in [0.5, 0.6) is 0 Å². The zero-order valence-corrected chi connectivity index (χ0v) is 25.1. The Morgan fingerprint density at radius 1 is 0.677 bits per heavy atom. The number of carbonyl (C=O) groups is 2. The second-order valence-electron chi connectivity index (χ2n) is 7.91. The fourth-order valence-corrected chi connectivity index (χ4v) is 4.27. The smallest absolute Gasteiger partial charge is 1.00 e. The van der Waals surface area contributed by atoms with Crippen LogP contribution in [-0.2, 0) is 23.9 Å². The molecule has 0 saturated carbocycles. The van der Waals surface area contributed by atoms with Gasteiger partial charge in [0.1, 0.15) is 0 Å². The van der Waals surface area contributed by atoms with Crippen molar-refractivity contribution >= 4 is 22.1 Å². The molecule has 0 aliphatic carbocycles. The fraction of sp³-hybridized carbons (Fsp3) is 0.909. The molecule has 0 aliphatic rings. The predicted octanol–water partition coefficient (Wildman–Crippen LogP) is 0.219. The van der Waals surface area contributed by atoms with Crippen LogP contribution in [0.1, 0.15) is 125 Å².